The predicted octanol–water partition coefficient (Wildman–Crippen LogP) is 4.52. The molecule has 1 unspecified atom stereocenters. The number of nitrogens with zero attached hydrogens (tertiary/aromatic N) is 3. The Bertz CT molecular complexity index is 1220. The van der Waals surface area contributed by atoms with Crippen molar-refractivity contribution in [3.8, 4) is 17.0 Å². The summed E-state index contributed by atoms with van der Waals surface area (Å²) in [6, 6.07) is 13.7. The maximum Gasteiger partial charge on any atom is 0.268 e. The van der Waals surface area contributed by atoms with E-state index in [1.54, 1.807) is 23.2 Å². The molecule has 164 valence electrons. The largest absolute Gasteiger partial charge is 0.479 e. The molecule has 3 aromatic rings. The molecule has 32 heavy (non-hydrogen) atoms. The molecule has 2 aliphatic rings. The van der Waals surface area contributed by atoms with Gasteiger partial charge >= 0.3 is 0 Å². The van der Waals surface area contributed by atoms with Gasteiger partial charge in [-0.25, -0.2) is 4.98 Å². The van der Waals surface area contributed by atoms with Crippen molar-refractivity contribution >= 4 is 34.5 Å². The lowest BCUT2D eigenvalue weighted by Gasteiger charge is -2.35. The number of thiazole rings is 1. The number of ether oxygens (including phenoxy) is 1. The van der Waals surface area contributed by atoms with Gasteiger partial charge in [-0.05, 0) is 63.4 Å². The fourth-order valence-electron chi connectivity index (χ4n) is 4.53. The number of aryl methyl sites for hydroxylation is 3. The van der Waals surface area contributed by atoms with Crippen molar-refractivity contribution in [2.75, 3.05) is 22.9 Å². The minimum absolute atomic E-state index is 0.0214. The van der Waals surface area contributed by atoms with E-state index in [9.17, 15) is 9.59 Å². The summed E-state index contributed by atoms with van der Waals surface area (Å²) >= 11 is 1.64. The Morgan fingerprint density at radius 1 is 1.19 bits per heavy atom. The van der Waals surface area contributed by atoms with Crippen LogP contribution in [-0.2, 0) is 16.0 Å². The first-order valence-corrected chi connectivity index (χ1v) is 11.7. The Morgan fingerprint density at radius 3 is 2.78 bits per heavy atom. The lowest BCUT2D eigenvalue weighted by molar-refractivity contribution is -0.127. The van der Waals surface area contributed by atoms with E-state index in [1.807, 2.05) is 55.1 Å². The third kappa shape index (κ3) is 3.56. The van der Waals surface area contributed by atoms with Gasteiger partial charge in [0.2, 0.25) is 5.91 Å². The van der Waals surface area contributed by atoms with Crippen LogP contribution in [0.2, 0.25) is 0 Å². The lowest BCUT2D eigenvalue weighted by atomic mass is 10.0. The van der Waals surface area contributed by atoms with Gasteiger partial charge in [0.05, 0.1) is 16.4 Å². The number of anilines is 2. The van der Waals surface area contributed by atoms with Crippen LogP contribution in [-0.4, -0.2) is 36.0 Å². The van der Waals surface area contributed by atoms with Crippen molar-refractivity contribution in [1.29, 1.82) is 0 Å². The number of hydrogen-bond acceptors (Lipinski definition) is 5. The SMILES string of the molecule is Cc1nc(-c2ccc3c(c2)N(CC(=O)N2CCCc4ccccc42)C(=O)C(C)O3)c(C)s1. The number of amides is 2. The second-order valence-electron chi connectivity index (χ2n) is 8.28. The monoisotopic (exact) mass is 447 g/mol. The molecule has 0 radical (unpaired) electrons. The number of rotatable bonds is 3. The molecule has 1 atom stereocenters. The fourth-order valence-corrected chi connectivity index (χ4v) is 5.37. The molecule has 1 aromatic heterocycles. The molecule has 7 heteroatoms. The molecule has 0 fully saturated rings. The van der Waals surface area contributed by atoms with Gasteiger partial charge in [0, 0.05) is 22.7 Å². The number of benzene rings is 2. The highest BCUT2D eigenvalue weighted by molar-refractivity contribution is 7.11. The molecule has 0 saturated carbocycles. The lowest BCUT2D eigenvalue weighted by Crippen LogP contribution is -2.50. The van der Waals surface area contributed by atoms with Crippen LogP contribution < -0.4 is 14.5 Å². The van der Waals surface area contributed by atoms with Crippen LogP contribution in [0.25, 0.3) is 11.3 Å². The topological polar surface area (TPSA) is 62.7 Å². The Hall–Kier alpha value is -3.19. The molecule has 5 rings (SSSR count). The molecule has 0 saturated heterocycles. The maximum atomic E-state index is 13.4. The quantitative estimate of drug-likeness (QED) is 0.592. The van der Waals surface area contributed by atoms with E-state index in [0.717, 1.165) is 39.7 Å². The van der Waals surface area contributed by atoms with E-state index in [-0.39, 0.29) is 18.4 Å². The van der Waals surface area contributed by atoms with Gasteiger partial charge in [0.25, 0.3) is 5.91 Å². The van der Waals surface area contributed by atoms with Crippen LogP contribution >= 0.6 is 11.3 Å². The Kier molecular flexibility index (Phi) is 5.21. The van der Waals surface area contributed by atoms with Crippen molar-refractivity contribution in [2.45, 2.75) is 39.7 Å². The minimum Gasteiger partial charge on any atom is -0.479 e. The third-order valence-corrected chi connectivity index (χ3v) is 6.94. The number of hydrogen-bond donors (Lipinski definition) is 0. The summed E-state index contributed by atoms with van der Waals surface area (Å²) in [5, 5.41) is 0.993. The highest BCUT2D eigenvalue weighted by Gasteiger charge is 2.35. The molecule has 3 heterocycles. The molecule has 0 spiro atoms. The summed E-state index contributed by atoms with van der Waals surface area (Å²) in [5.41, 5.74) is 4.55. The van der Waals surface area contributed by atoms with E-state index in [1.165, 1.54) is 5.56 Å². The zero-order chi connectivity index (χ0) is 22.4. The van der Waals surface area contributed by atoms with Gasteiger partial charge in [0.15, 0.2) is 6.10 Å². The molecular formula is C25H25N3O3S. The van der Waals surface area contributed by atoms with Crippen molar-refractivity contribution in [3.05, 3.63) is 57.9 Å². The maximum absolute atomic E-state index is 13.4. The zero-order valence-corrected chi connectivity index (χ0v) is 19.2. The number of carbonyl (C=O) groups excluding carboxylic acids is 2. The molecule has 2 aromatic carbocycles. The average Bonchev–Trinajstić information content (AvgIpc) is 3.14. The van der Waals surface area contributed by atoms with E-state index in [4.69, 9.17) is 4.74 Å². The van der Waals surface area contributed by atoms with Gasteiger partial charge in [-0.3, -0.25) is 14.5 Å². The predicted molar refractivity (Wildman–Crippen MR) is 127 cm³/mol. The van der Waals surface area contributed by atoms with Crippen molar-refractivity contribution in [2.24, 2.45) is 0 Å². The molecule has 6 nitrogen and oxygen atoms in total. The first-order valence-electron chi connectivity index (χ1n) is 10.9. The van der Waals surface area contributed by atoms with Crippen LogP contribution in [0.4, 0.5) is 11.4 Å². The van der Waals surface area contributed by atoms with Crippen LogP contribution in [0.3, 0.4) is 0 Å². The van der Waals surface area contributed by atoms with E-state index >= 15 is 0 Å². The van der Waals surface area contributed by atoms with Crippen LogP contribution in [0.15, 0.2) is 42.5 Å². The van der Waals surface area contributed by atoms with Crippen molar-refractivity contribution < 1.29 is 14.3 Å². The first kappa shape index (κ1) is 20.7. The first-order chi connectivity index (χ1) is 15.4. The summed E-state index contributed by atoms with van der Waals surface area (Å²) in [5.74, 6) is 0.313. The molecule has 2 aliphatic heterocycles. The Labute approximate surface area is 191 Å². The standard InChI is InChI=1S/C25H25N3O3S/c1-15-25(30)28(14-23(29)27-12-6-8-18-7-4-5-9-20(18)27)21-13-19(10-11-22(21)31-15)24-16(2)32-17(3)26-24/h4-5,7,9-11,13,15H,6,8,12,14H2,1-3H3. The third-order valence-electron chi connectivity index (χ3n) is 6.05. The van der Waals surface area contributed by atoms with Gasteiger partial charge < -0.3 is 9.64 Å². The smallest absolute Gasteiger partial charge is 0.268 e. The number of para-hydroxylation sites is 1. The molecule has 0 aliphatic carbocycles. The highest BCUT2D eigenvalue weighted by atomic mass is 32.1. The second kappa shape index (κ2) is 8.06. The summed E-state index contributed by atoms with van der Waals surface area (Å²) in [6.07, 6.45) is 1.24. The summed E-state index contributed by atoms with van der Waals surface area (Å²) in [7, 11) is 0. The van der Waals surface area contributed by atoms with E-state index in [0.29, 0.717) is 18.0 Å². The van der Waals surface area contributed by atoms with Crippen molar-refractivity contribution in [1.82, 2.24) is 4.98 Å². The van der Waals surface area contributed by atoms with Gasteiger partial charge in [-0.1, -0.05) is 18.2 Å². The normalized spacial score (nSPS) is 17.6. The van der Waals surface area contributed by atoms with Gasteiger partial charge in [-0.2, -0.15) is 0 Å². The van der Waals surface area contributed by atoms with Crippen LogP contribution in [0, 0.1) is 13.8 Å². The van der Waals surface area contributed by atoms with E-state index < -0.39 is 6.10 Å². The highest BCUT2D eigenvalue weighted by Crippen LogP contribution is 2.39. The number of aromatic nitrogens is 1. The van der Waals surface area contributed by atoms with Crippen LogP contribution in [0.1, 0.15) is 28.8 Å². The molecular weight excluding hydrogens is 422 g/mol. The number of carbonyl (C=O) groups is 2. The summed E-state index contributed by atoms with van der Waals surface area (Å²) < 4.78 is 5.85. The average molecular weight is 448 g/mol. The molecule has 2 amide bonds. The zero-order valence-electron chi connectivity index (χ0n) is 18.4. The second-order valence-corrected chi connectivity index (χ2v) is 9.69. The fraction of sp³-hybridized carbons (Fsp3) is 0.320. The Balaban J connectivity index is 1.49. The summed E-state index contributed by atoms with van der Waals surface area (Å²) in [6.45, 7) is 6.38. The minimum atomic E-state index is -0.641. The van der Waals surface area contributed by atoms with Gasteiger partial charge in [0.1, 0.15) is 12.3 Å². The van der Waals surface area contributed by atoms with Gasteiger partial charge in [-0.15, -0.1) is 11.3 Å². The molecule has 0 bridgehead atoms. The van der Waals surface area contributed by atoms with Crippen molar-refractivity contribution in [3.63, 3.8) is 0 Å². The van der Waals surface area contributed by atoms with E-state index in [2.05, 4.69) is 11.1 Å². The van der Waals surface area contributed by atoms with Crippen LogP contribution in [0.5, 0.6) is 5.75 Å². The summed E-state index contributed by atoms with van der Waals surface area (Å²) in [4.78, 5) is 35.6. The Morgan fingerprint density at radius 2 is 2.00 bits per heavy atom. The number of fused-ring (bicyclic) bond motifs is 2. The molecule has 0 N–H and O–H groups in total.